The van der Waals surface area contributed by atoms with Gasteiger partial charge in [0, 0.05) is 9.79 Å². The highest BCUT2D eigenvalue weighted by Crippen LogP contribution is 2.48. The largest absolute Gasteiger partial charge is 0.371 e. The predicted octanol–water partition coefficient (Wildman–Crippen LogP) is 3.69. The van der Waals surface area contributed by atoms with E-state index in [9.17, 15) is 0 Å². The summed E-state index contributed by atoms with van der Waals surface area (Å²) in [7, 11) is 0. The number of anilines is 2. The van der Waals surface area contributed by atoms with Gasteiger partial charge in [-0.1, -0.05) is 36.0 Å². The number of epoxide rings is 1. The summed E-state index contributed by atoms with van der Waals surface area (Å²) in [4.78, 5) is 5.05. The van der Waals surface area contributed by atoms with Crippen molar-refractivity contribution in [3.63, 3.8) is 0 Å². The van der Waals surface area contributed by atoms with Crippen molar-refractivity contribution in [1.29, 1.82) is 0 Å². The summed E-state index contributed by atoms with van der Waals surface area (Å²) in [5, 5.41) is 0. The fourth-order valence-electron chi connectivity index (χ4n) is 2.35. The van der Waals surface area contributed by atoms with E-state index in [1.807, 2.05) is 11.8 Å². The molecule has 2 aromatic rings. The molecule has 0 aromatic heterocycles. The fraction of sp³-hybridized carbons (Fsp3) is 0.200. The lowest BCUT2D eigenvalue weighted by atomic mass is 10.2. The monoisotopic (exact) mass is 255 g/mol. The molecule has 0 amide bonds. The molecule has 2 aromatic carbocycles. The van der Waals surface area contributed by atoms with Gasteiger partial charge in [0.2, 0.25) is 0 Å². The average molecular weight is 255 g/mol. The molecular formula is C15H13NOS. The van der Waals surface area contributed by atoms with E-state index < -0.39 is 0 Å². The second-order valence-corrected chi connectivity index (χ2v) is 5.69. The molecule has 2 nitrogen and oxygen atoms in total. The van der Waals surface area contributed by atoms with Crippen molar-refractivity contribution in [3.8, 4) is 0 Å². The van der Waals surface area contributed by atoms with E-state index in [-0.39, 0.29) is 0 Å². The minimum absolute atomic E-state index is 0.397. The van der Waals surface area contributed by atoms with E-state index in [0.29, 0.717) is 6.10 Å². The zero-order valence-corrected chi connectivity index (χ0v) is 10.7. The molecule has 2 aliphatic rings. The lowest BCUT2D eigenvalue weighted by Crippen LogP contribution is -2.25. The third-order valence-electron chi connectivity index (χ3n) is 3.32. The van der Waals surface area contributed by atoms with Crippen molar-refractivity contribution in [2.45, 2.75) is 15.9 Å². The van der Waals surface area contributed by atoms with Gasteiger partial charge in [0.1, 0.15) is 0 Å². The number of para-hydroxylation sites is 2. The van der Waals surface area contributed by atoms with Crippen LogP contribution in [0.25, 0.3) is 0 Å². The number of fused-ring (bicyclic) bond motifs is 2. The number of ether oxygens (including phenoxy) is 1. The standard InChI is InChI=1S/C15H13NOS/c1-3-7-14-12(5-1)16(9-11-10-17-11)13-6-2-4-8-15(13)18-14/h1-8,11H,9-10H2/t11-/m0/s1. The van der Waals surface area contributed by atoms with Gasteiger partial charge in [0.25, 0.3) is 0 Å². The van der Waals surface area contributed by atoms with Gasteiger partial charge < -0.3 is 9.64 Å². The van der Waals surface area contributed by atoms with E-state index in [0.717, 1.165) is 13.2 Å². The van der Waals surface area contributed by atoms with Crippen LogP contribution in [0.15, 0.2) is 58.3 Å². The highest BCUT2D eigenvalue weighted by atomic mass is 32.2. The molecule has 1 atom stereocenters. The van der Waals surface area contributed by atoms with E-state index >= 15 is 0 Å². The van der Waals surface area contributed by atoms with E-state index in [4.69, 9.17) is 4.74 Å². The molecule has 4 rings (SSSR count). The molecule has 18 heavy (non-hydrogen) atoms. The van der Waals surface area contributed by atoms with Crippen molar-refractivity contribution in [2.24, 2.45) is 0 Å². The van der Waals surface area contributed by atoms with Crippen LogP contribution in [0.5, 0.6) is 0 Å². The molecule has 0 radical (unpaired) electrons. The maximum absolute atomic E-state index is 5.39. The Morgan fingerprint density at radius 1 is 1.00 bits per heavy atom. The molecular weight excluding hydrogens is 242 g/mol. The van der Waals surface area contributed by atoms with Crippen molar-refractivity contribution < 1.29 is 4.74 Å². The number of hydrogen-bond donors (Lipinski definition) is 0. The van der Waals surface area contributed by atoms with Crippen LogP contribution in [-0.4, -0.2) is 19.3 Å². The summed E-state index contributed by atoms with van der Waals surface area (Å²) in [5.41, 5.74) is 2.61. The first-order chi connectivity index (χ1) is 8.92. The van der Waals surface area contributed by atoms with E-state index in [1.165, 1.54) is 21.2 Å². The lowest BCUT2D eigenvalue weighted by molar-refractivity contribution is 0.411. The molecule has 2 heterocycles. The van der Waals surface area contributed by atoms with Gasteiger partial charge >= 0.3 is 0 Å². The Hall–Kier alpha value is -1.45. The number of benzene rings is 2. The molecule has 90 valence electrons. The average Bonchev–Trinajstić information content (AvgIpc) is 3.22. The van der Waals surface area contributed by atoms with Gasteiger partial charge in [0.15, 0.2) is 0 Å². The van der Waals surface area contributed by atoms with Gasteiger partial charge in [-0.25, -0.2) is 0 Å². The summed E-state index contributed by atoms with van der Waals surface area (Å²) in [5.74, 6) is 0. The molecule has 0 aliphatic carbocycles. The molecule has 0 saturated carbocycles. The summed E-state index contributed by atoms with van der Waals surface area (Å²) in [6.07, 6.45) is 0.397. The third kappa shape index (κ3) is 1.71. The van der Waals surface area contributed by atoms with Crippen LogP contribution in [0.2, 0.25) is 0 Å². The Labute approximate surface area is 111 Å². The first-order valence-corrected chi connectivity index (χ1v) is 6.98. The summed E-state index contributed by atoms with van der Waals surface area (Å²) in [6.45, 7) is 1.85. The first kappa shape index (κ1) is 10.5. The second kappa shape index (κ2) is 4.04. The van der Waals surface area contributed by atoms with Crippen LogP contribution in [0.1, 0.15) is 0 Å². The van der Waals surface area contributed by atoms with Gasteiger partial charge in [-0.05, 0) is 24.3 Å². The van der Waals surface area contributed by atoms with E-state index in [1.54, 1.807) is 0 Å². The van der Waals surface area contributed by atoms with E-state index in [2.05, 4.69) is 53.4 Å². The van der Waals surface area contributed by atoms with Crippen molar-refractivity contribution in [1.82, 2.24) is 0 Å². The maximum atomic E-state index is 5.39. The molecule has 1 fully saturated rings. The van der Waals surface area contributed by atoms with Gasteiger partial charge in [-0.2, -0.15) is 0 Å². The molecule has 0 N–H and O–H groups in total. The van der Waals surface area contributed by atoms with Gasteiger partial charge in [0.05, 0.1) is 30.6 Å². The molecule has 0 spiro atoms. The maximum Gasteiger partial charge on any atom is 0.0988 e. The minimum Gasteiger partial charge on any atom is -0.371 e. The highest BCUT2D eigenvalue weighted by Gasteiger charge is 2.30. The number of nitrogens with zero attached hydrogens (tertiary/aromatic N) is 1. The first-order valence-electron chi connectivity index (χ1n) is 6.17. The SMILES string of the molecule is c1ccc2c(c1)Sc1ccccc1N2C[C@H]1CO1. The fourth-order valence-corrected chi connectivity index (χ4v) is 3.45. The van der Waals surface area contributed by atoms with Crippen LogP contribution in [0.4, 0.5) is 11.4 Å². The number of rotatable bonds is 2. The van der Waals surface area contributed by atoms with Gasteiger partial charge in [-0.15, -0.1) is 0 Å². The summed E-state index contributed by atoms with van der Waals surface area (Å²) in [6, 6.07) is 17.2. The normalized spacial score (nSPS) is 20.2. The topological polar surface area (TPSA) is 15.8 Å². The third-order valence-corrected chi connectivity index (χ3v) is 4.45. The molecule has 0 bridgehead atoms. The molecule has 1 saturated heterocycles. The zero-order chi connectivity index (χ0) is 11.9. The van der Waals surface area contributed by atoms with Gasteiger partial charge in [-0.3, -0.25) is 0 Å². The number of hydrogen-bond acceptors (Lipinski definition) is 3. The summed E-state index contributed by atoms with van der Waals surface area (Å²) < 4.78 is 5.39. The van der Waals surface area contributed by atoms with Crippen LogP contribution in [0.3, 0.4) is 0 Å². The highest BCUT2D eigenvalue weighted by molar-refractivity contribution is 7.99. The van der Waals surface area contributed by atoms with Crippen LogP contribution in [0, 0.1) is 0 Å². The molecule has 3 heteroatoms. The predicted molar refractivity (Wildman–Crippen MR) is 73.8 cm³/mol. The Morgan fingerprint density at radius 2 is 1.56 bits per heavy atom. The zero-order valence-electron chi connectivity index (χ0n) is 9.87. The quantitative estimate of drug-likeness (QED) is 0.761. The van der Waals surface area contributed by atoms with Crippen molar-refractivity contribution >= 4 is 23.1 Å². The van der Waals surface area contributed by atoms with Crippen LogP contribution >= 0.6 is 11.8 Å². The Morgan fingerprint density at radius 3 is 2.11 bits per heavy atom. The Bertz CT molecular complexity index is 549. The molecule has 0 unspecified atom stereocenters. The smallest absolute Gasteiger partial charge is 0.0988 e. The lowest BCUT2D eigenvalue weighted by Gasteiger charge is -2.32. The van der Waals surface area contributed by atoms with Crippen LogP contribution < -0.4 is 4.90 Å². The Kier molecular flexibility index (Phi) is 2.35. The van der Waals surface area contributed by atoms with Crippen LogP contribution in [-0.2, 0) is 4.74 Å². The van der Waals surface area contributed by atoms with Crippen molar-refractivity contribution in [2.75, 3.05) is 18.1 Å². The second-order valence-electron chi connectivity index (χ2n) is 4.60. The Balaban J connectivity index is 1.83. The summed E-state index contributed by atoms with van der Waals surface area (Å²) >= 11 is 1.85. The molecule has 2 aliphatic heterocycles. The minimum atomic E-state index is 0.397. The van der Waals surface area contributed by atoms with Crippen molar-refractivity contribution in [3.05, 3.63) is 48.5 Å².